The Balaban J connectivity index is 1.32. The van der Waals surface area contributed by atoms with Gasteiger partial charge in [0.2, 0.25) is 0 Å². The molecule has 0 saturated carbocycles. The molecule has 42 heavy (non-hydrogen) atoms. The van der Waals surface area contributed by atoms with Crippen LogP contribution in [-0.4, -0.2) is 0 Å². The van der Waals surface area contributed by atoms with E-state index in [0.29, 0.717) is 5.56 Å². The van der Waals surface area contributed by atoms with Gasteiger partial charge in [-0.3, -0.25) is 16.0 Å². The number of nitrogens with one attached hydrogen (secondary N) is 3. The molecule has 0 aromatic heterocycles. The maximum Gasteiger partial charge on any atom is 0.0991 e. The van der Waals surface area contributed by atoms with E-state index in [4.69, 9.17) is 0 Å². The van der Waals surface area contributed by atoms with E-state index in [-0.39, 0.29) is 18.5 Å². The predicted molar refractivity (Wildman–Crippen MR) is 170 cm³/mol. The zero-order valence-corrected chi connectivity index (χ0v) is 23.0. The molecule has 202 valence electrons. The smallest absolute Gasteiger partial charge is 0.0991 e. The van der Waals surface area contributed by atoms with Gasteiger partial charge in [0, 0.05) is 0 Å². The Morgan fingerprint density at radius 3 is 1.55 bits per heavy atom. The van der Waals surface area contributed by atoms with Crippen molar-refractivity contribution in [2.45, 2.75) is 18.5 Å². The first-order chi connectivity index (χ1) is 20.8. The highest BCUT2D eigenvalue weighted by molar-refractivity contribution is 5.98. The maximum absolute atomic E-state index is 9.18. The molecule has 0 bridgehead atoms. The van der Waals surface area contributed by atoms with Gasteiger partial charge in [-0.25, -0.2) is 0 Å². The van der Waals surface area contributed by atoms with Crippen molar-refractivity contribution in [1.82, 2.24) is 16.0 Å². The van der Waals surface area contributed by atoms with Crippen LogP contribution < -0.4 is 16.0 Å². The molecule has 1 heterocycles. The van der Waals surface area contributed by atoms with Crippen molar-refractivity contribution in [3.63, 3.8) is 0 Å². The quantitative estimate of drug-likeness (QED) is 0.205. The second-order valence-electron chi connectivity index (χ2n) is 10.6. The SMILES string of the molecule is N#Cc1ccc(-c2ccc(-c3c(C4NC(c5ccccc5)NC(c5ccccc5)N4)ccc4ccccc34)cc2)cc1. The molecule has 7 rings (SSSR count). The molecule has 0 aliphatic carbocycles. The van der Waals surface area contributed by atoms with E-state index in [1.54, 1.807) is 0 Å². The molecular weight excluding hydrogens is 512 g/mol. The van der Waals surface area contributed by atoms with Crippen LogP contribution in [-0.2, 0) is 0 Å². The van der Waals surface area contributed by atoms with E-state index >= 15 is 0 Å². The average molecular weight is 543 g/mol. The number of hydrogen-bond acceptors (Lipinski definition) is 4. The lowest BCUT2D eigenvalue weighted by molar-refractivity contribution is 0.203. The molecule has 1 fully saturated rings. The van der Waals surface area contributed by atoms with Crippen LogP contribution in [0.4, 0.5) is 0 Å². The van der Waals surface area contributed by atoms with Gasteiger partial charge in [-0.05, 0) is 61.8 Å². The lowest BCUT2D eigenvalue weighted by Crippen LogP contribution is -2.54. The lowest BCUT2D eigenvalue weighted by atomic mass is 9.90. The van der Waals surface area contributed by atoms with Crippen molar-refractivity contribution in [2.24, 2.45) is 0 Å². The number of hydrogen-bond donors (Lipinski definition) is 3. The molecule has 3 N–H and O–H groups in total. The fourth-order valence-electron chi connectivity index (χ4n) is 5.92. The molecule has 0 spiro atoms. The van der Waals surface area contributed by atoms with Gasteiger partial charge in [0.1, 0.15) is 0 Å². The highest BCUT2D eigenvalue weighted by Crippen LogP contribution is 2.38. The van der Waals surface area contributed by atoms with Gasteiger partial charge in [0.05, 0.1) is 30.1 Å². The molecular formula is C38H30N4. The normalized spacial score (nSPS) is 18.4. The van der Waals surface area contributed by atoms with Crippen molar-refractivity contribution in [1.29, 1.82) is 5.26 Å². The minimum atomic E-state index is -0.112. The molecule has 2 atom stereocenters. The molecule has 6 aromatic carbocycles. The third kappa shape index (κ3) is 5.09. The Morgan fingerprint density at radius 2 is 0.952 bits per heavy atom. The van der Waals surface area contributed by atoms with Crippen molar-refractivity contribution in [3.05, 3.63) is 168 Å². The van der Waals surface area contributed by atoms with Crippen LogP contribution in [0.25, 0.3) is 33.0 Å². The van der Waals surface area contributed by atoms with Crippen molar-refractivity contribution in [2.75, 3.05) is 0 Å². The summed E-state index contributed by atoms with van der Waals surface area (Å²) in [5, 5.41) is 23.1. The second kappa shape index (κ2) is 11.4. The van der Waals surface area contributed by atoms with Gasteiger partial charge in [0.25, 0.3) is 0 Å². The summed E-state index contributed by atoms with van der Waals surface area (Å²) in [7, 11) is 0. The second-order valence-corrected chi connectivity index (χ2v) is 10.6. The Bertz CT molecular complexity index is 1810. The third-order valence-corrected chi connectivity index (χ3v) is 8.06. The van der Waals surface area contributed by atoms with Crippen LogP contribution >= 0.6 is 0 Å². The van der Waals surface area contributed by atoms with E-state index in [2.05, 4.69) is 143 Å². The summed E-state index contributed by atoms with van der Waals surface area (Å²) in [5.41, 5.74) is 8.84. The zero-order chi connectivity index (χ0) is 28.3. The number of fused-ring (bicyclic) bond motifs is 1. The summed E-state index contributed by atoms with van der Waals surface area (Å²) in [6.07, 6.45) is -0.194. The highest BCUT2D eigenvalue weighted by atomic mass is 15.4. The molecule has 4 heteroatoms. The van der Waals surface area contributed by atoms with Crippen LogP contribution in [0.15, 0.2) is 146 Å². The van der Waals surface area contributed by atoms with Crippen LogP contribution in [0, 0.1) is 11.3 Å². The number of benzene rings is 6. The maximum atomic E-state index is 9.18. The first kappa shape index (κ1) is 25.9. The van der Waals surface area contributed by atoms with Crippen molar-refractivity contribution >= 4 is 10.8 Å². The van der Waals surface area contributed by atoms with Gasteiger partial charge in [-0.1, -0.05) is 133 Å². The number of nitriles is 1. The first-order valence-electron chi connectivity index (χ1n) is 14.3. The summed E-state index contributed by atoms with van der Waals surface area (Å²) in [5.74, 6) is 0. The van der Waals surface area contributed by atoms with Gasteiger partial charge >= 0.3 is 0 Å². The van der Waals surface area contributed by atoms with Gasteiger partial charge in [-0.2, -0.15) is 5.26 Å². The third-order valence-electron chi connectivity index (χ3n) is 8.06. The zero-order valence-electron chi connectivity index (χ0n) is 23.0. The van der Waals surface area contributed by atoms with E-state index in [0.717, 1.165) is 16.7 Å². The largest absolute Gasteiger partial charge is 0.279 e. The fraction of sp³-hybridized carbons (Fsp3) is 0.0789. The van der Waals surface area contributed by atoms with Crippen LogP contribution in [0.5, 0.6) is 0 Å². The summed E-state index contributed by atoms with van der Waals surface area (Å²) < 4.78 is 0. The number of rotatable bonds is 5. The molecule has 2 unspecified atom stereocenters. The van der Waals surface area contributed by atoms with E-state index in [1.807, 2.05) is 24.3 Å². The van der Waals surface area contributed by atoms with Crippen LogP contribution in [0.1, 0.15) is 40.8 Å². The standard InChI is InChI=1S/C38H30N4/c39-25-26-15-17-27(18-16-26)28-19-21-30(22-20-28)35-33-14-8-7-9-29(33)23-24-34(35)38-41-36(31-10-3-1-4-11-31)40-37(42-38)32-12-5-2-6-13-32/h1-24,36-38,40-42H. The summed E-state index contributed by atoms with van der Waals surface area (Å²) in [4.78, 5) is 0. The molecule has 1 aliphatic heterocycles. The molecule has 0 amide bonds. The fourth-order valence-corrected chi connectivity index (χ4v) is 5.92. The predicted octanol–water partition coefficient (Wildman–Crippen LogP) is 8.22. The highest BCUT2D eigenvalue weighted by Gasteiger charge is 2.31. The van der Waals surface area contributed by atoms with E-state index in [1.165, 1.54) is 33.0 Å². The van der Waals surface area contributed by atoms with E-state index in [9.17, 15) is 5.26 Å². The van der Waals surface area contributed by atoms with Crippen LogP contribution in [0.2, 0.25) is 0 Å². The Kier molecular flexibility index (Phi) is 7.05. The van der Waals surface area contributed by atoms with E-state index < -0.39 is 0 Å². The number of nitrogens with zero attached hydrogens (tertiary/aromatic N) is 1. The lowest BCUT2D eigenvalue weighted by Gasteiger charge is -2.40. The minimum absolute atomic E-state index is 0.0410. The Morgan fingerprint density at radius 1 is 0.452 bits per heavy atom. The average Bonchev–Trinajstić information content (AvgIpc) is 3.08. The molecule has 0 radical (unpaired) electrons. The van der Waals surface area contributed by atoms with Crippen molar-refractivity contribution < 1.29 is 0 Å². The monoisotopic (exact) mass is 542 g/mol. The van der Waals surface area contributed by atoms with Gasteiger partial charge in [0.15, 0.2) is 0 Å². The minimum Gasteiger partial charge on any atom is -0.279 e. The Labute approximate surface area is 246 Å². The summed E-state index contributed by atoms with van der Waals surface area (Å²) in [6, 6.07) is 52.9. The molecule has 6 aromatic rings. The first-order valence-corrected chi connectivity index (χ1v) is 14.3. The molecule has 1 saturated heterocycles. The van der Waals surface area contributed by atoms with Crippen LogP contribution in [0.3, 0.4) is 0 Å². The topological polar surface area (TPSA) is 59.9 Å². The molecule has 4 nitrogen and oxygen atoms in total. The van der Waals surface area contributed by atoms with Gasteiger partial charge < -0.3 is 0 Å². The van der Waals surface area contributed by atoms with Crippen molar-refractivity contribution in [3.8, 4) is 28.3 Å². The Hall–Kier alpha value is -5.05. The summed E-state index contributed by atoms with van der Waals surface area (Å²) >= 11 is 0. The summed E-state index contributed by atoms with van der Waals surface area (Å²) in [6.45, 7) is 0. The molecule has 1 aliphatic rings. The van der Waals surface area contributed by atoms with Gasteiger partial charge in [-0.15, -0.1) is 0 Å².